The summed E-state index contributed by atoms with van der Waals surface area (Å²) in [5, 5.41) is 1.36. The van der Waals surface area contributed by atoms with E-state index in [9.17, 15) is 0 Å². The van der Waals surface area contributed by atoms with Crippen molar-refractivity contribution in [3.63, 3.8) is 0 Å². The molecule has 2 nitrogen and oxygen atoms in total. The number of hydrogen-bond donors (Lipinski definition) is 0. The van der Waals surface area contributed by atoms with E-state index in [1.807, 2.05) is 11.3 Å². The van der Waals surface area contributed by atoms with Crippen LogP contribution in [0.4, 0.5) is 34.1 Å². The van der Waals surface area contributed by atoms with Crippen LogP contribution in [0.15, 0.2) is 127 Å². The summed E-state index contributed by atoms with van der Waals surface area (Å²) in [4.78, 5) is 5.47. The van der Waals surface area contributed by atoms with Crippen LogP contribution in [0.2, 0.25) is 0 Å². The lowest BCUT2D eigenvalue weighted by Gasteiger charge is -2.48. The Hall–Kier alpha value is -5.84. The third-order valence-electron chi connectivity index (χ3n) is 20.9. The van der Waals surface area contributed by atoms with Gasteiger partial charge >= 0.3 is 0 Å². The van der Waals surface area contributed by atoms with Gasteiger partial charge in [-0.25, -0.2) is 0 Å². The molecule has 0 N–H and O–H groups in total. The van der Waals surface area contributed by atoms with Crippen LogP contribution in [0.1, 0.15) is 188 Å². The Morgan fingerprint density at radius 1 is 0.506 bits per heavy atom. The van der Waals surface area contributed by atoms with Crippen LogP contribution < -0.4 is 25.5 Å². The maximum Gasteiger partial charge on any atom is 0.264 e. The number of fused-ring (bicyclic) bond motifs is 14. The molecule has 2 saturated carbocycles. The normalized spacial score (nSPS) is 20.9. The summed E-state index contributed by atoms with van der Waals surface area (Å²) in [7, 11) is 0. The third kappa shape index (κ3) is 7.46. The number of aryl methyl sites for hydroxylation is 1. The number of anilines is 6. The molecule has 3 heterocycles. The molecule has 2 bridgehead atoms. The molecule has 13 rings (SSSR count). The third-order valence-corrected chi connectivity index (χ3v) is 22.2. The summed E-state index contributed by atoms with van der Waals surface area (Å²) in [5.41, 5.74) is 27.2. The number of nitrogens with zero attached hydrogens (tertiary/aromatic N) is 2. The molecule has 2 fully saturated rings. The molecule has 4 heteroatoms. The Kier molecular flexibility index (Phi) is 11.1. The lowest BCUT2D eigenvalue weighted by molar-refractivity contribution is 0.0990. The van der Waals surface area contributed by atoms with Crippen LogP contribution in [0.5, 0.6) is 0 Å². The Bertz CT molecular complexity index is 3850. The predicted octanol–water partition coefficient (Wildman–Crippen LogP) is 19.6. The predicted molar refractivity (Wildman–Crippen MR) is 345 cm³/mol. The van der Waals surface area contributed by atoms with E-state index >= 15 is 0 Å². The van der Waals surface area contributed by atoms with Gasteiger partial charge in [0.15, 0.2) is 0 Å². The molecule has 404 valence electrons. The van der Waals surface area contributed by atoms with Crippen molar-refractivity contribution < 1.29 is 0 Å². The summed E-state index contributed by atoms with van der Waals surface area (Å²) in [5.74, 6) is 0.685. The summed E-state index contributed by atoms with van der Waals surface area (Å²) in [6, 6.07) is 52.2. The number of benzene rings is 7. The average Bonchev–Trinajstić information content (AvgIpc) is 1.91. The fourth-order valence-corrected chi connectivity index (χ4v) is 17.1. The van der Waals surface area contributed by atoms with Gasteiger partial charge in [-0.05, 0) is 197 Å². The maximum atomic E-state index is 2.77. The van der Waals surface area contributed by atoms with Crippen LogP contribution >= 0.6 is 11.3 Å². The first-order valence-corrected chi connectivity index (χ1v) is 30.7. The van der Waals surface area contributed by atoms with Crippen LogP contribution in [0.3, 0.4) is 0 Å². The highest BCUT2D eigenvalue weighted by molar-refractivity contribution is 7.33. The molecular weight excluding hydrogens is 972 g/mol. The van der Waals surface area contributed by atoms with Crippen molar-refractivity contribution in [2.45, 2.75) is 183 Å². The molecule has 1 spiro atoms. The van der Waals surface area contributed by atoms with Gasteiger partial charge in [-0.15, -0.1) is 11.3 Å². The van der Waals surface area contributed by atoms with Gasteiger partial charge in [0.2, 0.25) is 0 Å². The summed E-state index contributed by atoms with van der Waals surface area (Å²) >= 11 is 2.03. The molecular formula is C75H85BN2S. The second-order valence-electron chi connectivity index (χ2n) is 31.1. The van der Waals surface area contributed by atoms with Crippen molar-refractivity contribution in [1.82, 2.24) is 0 Å². The minimum Gasteiger partial charge on any atom is -0.311 e. The van der Waals surface area contributed by atoms with E-state index < -0.39 is 0 Å². The minimum absolute atomic E-state index is 0.0141. The van der Waals surface area contributed by atoms with Crippen molar-refractivity contribution in [3.05, 3.63) is 172 Å². The Labute approximate surface area is 479 Å². The first-order chi connectivity index (χ1) is 36.8. The van der Waals surface area contributed by atoms with Crippen LogP contribution in [-0.2, 0) is 32.5 Å². The van der Waals surface area contributed by atoms with Crippen molar-refractivity contribution in [2.24, 2.45) is 16.7 Å². The number of hydrogen-bond acceptors (Lipinski definition) is 3. The molecule has 0 amide bonds. The van der Waals surface area contributed by atoms with Crippen molar-refractivity contribution >= 4 is 78.0 Å². The summed E-state index contributed by atoms with van der Waals surface area (Å²) in [6.45, 7) is 45.8. The first-order valence-electron chi connectivity index (χ1n) is 29.8. The van der Waals surface area contributed by atoms with Crippen molar-refractivity contribution in [3.8, 4) is 22.3 Å². The topological polar surface area (TPSA) is 6.48 Å². The molecule has 79 heavy (non-hydrogen) atoms. The maximum absolute atomic E-state index is 2.77. The molecule has 7 aromatic carbocycles. The van der Waals surface area contributed by atoms with Gasteiger partial charge < -0.3 is 9.80 Å². The smallest absolute Gasteiger partial charge is 0.264 e. The molecule has 3 aliphatic carbocycles. The second kappa shape index (κ2) is 16.6. The van der Waals surface area contributed by atoms with E-state index in [-0.39, 0.29) is 50.0 Å². The van der Waals surface area contributed by atoms with Gasteiger partial charge in [0.05, 0.1) is 11.4 Å². The standard InChI is InChI=1S/C75H85BN2S/c1-44-34-62-65-63(35-44)78(60-29-24-46(68(2,3)4)39-55(60)45-36-50(71(11,12)13)38-51(37-45)72(14,15)16)61-30-25-48(70(8,9)10)41-59(61)76(65)67-66(56-40-47(69(5,6)7)26-31-64(56)79-67)77(62)52-27-28-54-53-22-20-21-23-57(53)75(58(54)42-52)43-49-32-33-74(75,19)73(49,17)18/h20-31,34-42,49H,32-33,43H2,1-19H3. The molecule has 2 aliphatic heterocycles. The molecule has 0 saturated heterocycles. The second-order valence-corrected chi connectivity index (χ2v) is 32.2. The molecule has 3 unspecified atom stereocenters. The van der Waals surface area contributed by atoms with Crippen LogP contribution in [0, 0.1) is 23.7 Å². The fourth-order valence-electron chi connectivity index (χ4n) is 15.8. The van der Waals surface area contributed by atoms with Crippen molar-refractivity contribution in [2.75, 3.05) is 9.80 Å². The molecule has 1 aromatic heterocycles. The van der Waals surface area contributed by atoms with E-state index in [4.69, 9.17) is 0 Å². The first kappa shape index (κ1) is 52.5. The summed E-state index contributed by atoms with van der Waals surface area (Å²) < 4.78 is 2.79. The zero-order valence-electron chi connectivity index (χ0n) is 51.2. The zero-order chi connectivity index (χ0) is 56.3. The van der Waals surface area contributed by atoms with E-state index in [0.29, 0.717) is 5.92 Å². The Balaban J connectivity index is 1.13. The Morgan fingerprint density at radius 2 is 1.08 bits per heavy atom. The van der Waals surface area contributed by atoms with Crippen molar-refractivity contribution in [1.29, 1.82) is 0 Å². The molecule has 5 aliphatic rings. The number of rotatable bonds is 3. The molecule has 3 atom stereocenters. The van der Waals surface area contributed by atoms with Gasteiger partial charge in [-0.2, -0.15) is 0 Å². The SMILES string of the molecule is Cc1cc2c3c(c1)N(c1ccc4c(c1)C1(CC5CCC1(C)C5(C)C)c1ccccc1-4)c1c(sc4ccc(C(C)(C)C)cc14)B3c1cc(C(C)(C)C)ccc1N2c1ccc(C(C)(C)C)cc1-c1cc(C(C)(C)C)cc(C(C)(C)C)c1. The number of thiophene rings is 1. The van der Waals surface area contributed by atoms with Gasteiger partial charge in [-0.1, -0.05) is 197 Å². The fraction of sp³-hybridized carbons (Fsp3) is 0.413. The monoisotopic (exact) mass is 1060 g/mol. The lowest BCUT2D eigenvalue weighted by atomic mass is 9.36. The zero-order valence-corrected chi connectivity index (χ0v) is 52.0. The highest BCUT2D eigenvalue weighted by atomic mass is 32.1. The van der Waals surface area contributed by atoms with Crippen LogP contribution in [0.25, 0.3) is 32.3 Å². The Morgan fingerprint density at radius 3 is 1.68 bits per heavy atom. The largest absolute Gasteiger partial charge is 0.311 e. The minimum atomic E-state index is -0.0590. The lowest BCUT2D eigenvalue weighted by Crippen LogP contribution is -2.60. The van der Waals surface area contributed by atoms with Gasteiger partial charge in [0.25, 0.3) is 6.71 Å². The summed E-state index contributed by atoms with van der Waals surface area (Å²) in [6.07, 6.45) is 3.79. The van der Waals surface area contributed by atoms with Crippen LogP contribution in [-0.4, -0.2) is 6.71 Å². The highest BCUT2D eigenvalue weighted by Crippen LogP contribution is 2.78. The quantitative estimate of drug-likeness (QED) is 0.163. The van der Waals surface area contributed by atoms with E-state index in [0.717, 1.165) is 0 Å². The van der Waals surface area contributed by atoms with E-state index in [1.54, 1.807) is 11.1 Å². The molecule has 8 aromatic rings. The van der Waals surface area contributed by atoms with Gasteiger partial charge in [0, 0.05) is 48.6 Å². The van der Waals surface area contributed by atoms with E-state index in [2.05, 4.69) is 269 Å². The van der Waals surface area contributed by atoms with E-state index in [1.165, 1.54) is 135 Å². The average molecular weight is 1060 g/mol. The highest BCUT2D eigenvalue weighted by Gasteiger charge is 2.71. The molecule has 0 radical (unpaired) electrons. The van der Waals surface area contributed by atoms with Gasteiger partial charge in [-0.3, -0.25) is 0 Å². The van der Waals surface area contributed by atoms with Gasteiger partial charge in [0.1, 0.15) is 0 Å².